The summed E-state index contributed by atoms with van der Waals surface area (Å²) in [5.41, 5.74) is 0.782. The minimum atomic E-state index is -4.09. The van der Waals surface area contributed by atoms with Crippen LogP contribution in [-0.2, 0) is 16.4 Å². The second-order valence-corrected chi connectivity index (χ2v) is 8.09. The number of hydrogen-bond acceptors (Lipinski definition) is 5. The van der Waals surface area contributed by atoms with E-state index in [9.17, 15) is 17.2 Å². The first-order chi connectivity index (χ1) is 11.5. The molecule has 0 amide bonds. The van der Waals surface area contributed by atoms with Crippen LogP contribution in [0.15, 0.2) is 28.5 Å². The molecule has 0 spiro atoms. The molecule has 0 saturated carbocycles. The van der Waals surface area contributed by atoms with E-state index in [4.69, 9.17) is 0 Å². The molecule has 1 saturated heterocycles. The first-order valence-electron chi connectivity index (χ1n) is 7.60. The fraction of sp³-hybridized carbons (Fsp3) is 0.400. The van der Waals surface area contributed by atoms with E-state index in [1.54, 1.807) is 0 Å². The van der Waals surface area contributed by atoms with Crippen molar-refractivity contribution in [3.8, 4) is 0 Å². The minimum absolute atomic E-state index is 0.0709. The molecule has 1 aliphatic rings. The van der Waals surface area contributed by atoms with Gasteiger partial charge in [0.2, 0.25) is 10.0 Å². The van der Waals surface area contributed by atoms with Crippen molar-refractivity contribution in [2.24, 2.45) is 0 Å². The zero-order valence-electron chi connectivity index (χ0n) is 12.8. The first kappa shape index (κ1) is 17.2. The Morgan fingerprint density at radius 2 is 2.00 bits per heavy atom. The fourth-order valence-electron chi connectivity index (χ4n) is 2.55. The highest BCUT2D eigenvalue weighted by atomic mass is 32.2. The Kier molecular flexibility index (Phi) is 5.12. The zero-order valence-corrected chi connectivity index (χ0v) is 14.5. The third kappa shape index (κ3) is 3.73. The van der Waals surface area contributed by atoms with Gasteiger partial charge >= 0.3 is 0 Å². The van der Waals surface area contributed by atoms with Crippen LogP contribution in [0.5, 0.6) is 0 Å². The summed E-state index contributed by atoms with van der Waals surface area (Å²) >= 11 is 1.53. The summed E-state index contributed by atoms with van der Waals surface area (Å²) in [6.45, 7) is 2.07. The maximum absolute atomic E-state index is 13.6. The quantitative estimate of drug-likeness (QED) is 0.845. The van der Waals surface area contributed by atoms with Crippen molar-refractivity contribution in [2.75, 3.05) is 24.5 Å². The lowest BCUT2D eigenvalue weighted by molar-refractivity contribution is 0.483. The molecule has 0 unspecified atom stereocenters. The highest BCUT2D eigenvalue weighted by Gasteiger charge is 2.21. The molecule has 2 aromatic rings. The van der Waals surface area contributed by atoms with Gasteiger partial charge in [-0.25, -0.2) is 26.9 Å². The summed E-state index contributed by atoms with van der Waals surface area (Å²) < 4.78 is 53.2. The Hall–Kier alpha value is -1.58. The van der Waals surface area contributed by atoms with Crippen molar-refractivity contribution in [1.82, 2.24) is 9.71 Å². The lowest BCUT2D eigenvalue weighted by atomic mass is 10.3. The number of halogens is 2. The van der Waals surface area contributed by atoms with E-state index in [1.807, 2.05) is 5.38 Å². The van der Waals surface area contributed by atoms with Crippen molar-refractivity contribution in [2.45, 2.75) is 24.2 Å². The van der Waals surface area contributed by atoms with Gasteiger partial charge in [-0.2, -0.15) is 0 Å². The van der Waals surface area contributed by atoms with Gasteiger partial charge in [0.05, 0.1) is 5.69 Å². The third-order valence-electron chi connectivity index (χ3n) is 3.80. The Labute approximate surface area is 143 Å². The van der Waals surface area contributed by atoms with Crippen LogP contribution in [0.3, 0.4) is 0 Å². The van der Waals surface area contributed by atoms with E-state index in [1.165, 1.54) is 11.3 Å². The van der Waals surface area contributed by atoms with Crippen LogP contribution >= 0.6 is 11.3 Å². The molecule has 5 nitrogen and oxygen atoms in total. The number of aromatic nitrogens is 1. The molecule has 1 aromatic heterocycles. The van der Waals surface area contributed by atoms with Gasteiger partial charge < -0.3 is 4.90 Å². The number of anilines is 1. The lowest BCUT2D eigenvalue weighted by Gasteiger charge is -2.12. The maximum Gasteiger partial charge on any atom is 0.243 e. The Bertz CT molecular complexity index is 818. The van der Waals surface area contributed by atoms with Crippen LogP contribution in [0.25, 0.3) is 0 Å². The second-order valence-electron chi connectivity index (χ2n) is 5.52. The normalized spacial score (nSPS) is 15.2. The standard InChI is InChI=1S/C15H17F2N3O2S2/c16-12-4-3-5-13(14(12)17)24(21,22)18-7-6-11-10-23-15(19-11)20-8-1-2-9-20/h3-5,10,18H,1-2,6-9H2. The molecular weight excluding hydrogens is 356 g/mol. The average Bonchev–Trinajstić information content (AvgIpc) is 3.20. The number of hydrogen-bond donors (Lipinski definition) is 1. The molecule has 2 heterocycles. The van der Waals surface area contributed by atoms with Gasteiger partial charge in [0.15, 0.2) is 16.8 Å². The number of rotatable bonds is 6. The van der Waals surface area contributed by atoms with Gasteiger partial charge in [-0.05, 0) is 25.0 Å². The topological polar surface area (TPSA) is 62.3 Å². The van der Waals surface area contributed by atoms with Crippen LogP contribution in [0.4, 0.5) is 13.9 Å². The van der Waals surface area contributed by atoms with Crippen LogP contribution < -0.4 is 9.62 Å². The fourth-order valence-corrected chi connectivity index (χ4v) is 4.58. The summed E-state index contributed by atoms with van der Waals surface area (Å²) in [7, 11) is -4.09. The van der Waals surface area contributed by atoms with Gasteiger partial charge in [0.25, 0.3) is 0 Å². The molecule has 1 N–H and O–H groups in total. The zero-order chi connectivity index (χ0) is 17.2. The largest absolute Gasteiger partial charge is 0.348 e. The summed E-state index contributed by atoms with van der Waals surface area (Å²) in [5, 5.41) is 2.84. The van der Waals surface area contributed by atoms with E-state index in [0.29, 0.717) is 6.42 Å². The maximum atomic E-state index is 13.6. The molecule has 130 valence electrons. The molecular formula is C15H17F2N3O2S2. The Balaban J connectivity index is 1.60. The SMILES string of the molecule is O=S(=O)(NCCc1csc(N2CCCC2)n1)c1cccc(F)c1F. The average molecular weight is 373 g/mol. The molecule has 0 atom stereocenters. The summed E-state index contributed by atoms with van der Waals surface area (Å²) in [6.07, 6.45) is 2.71. The minimum Gasteiger partial charge on any atom is -0.348 e. The number of benzene rings is 1. The molecule has 0 radical (unpaired) electrons. The summed E-state index contributed by atoms with van der Waals surface area (Å²) in [5.74, 6) is -2.55. The summed E-state index contributed by atoms with van der Waals surface area (Å²) in [4.78, 5) is 6.02. The van der Waals surface area contributed by atoms with Crippen molar-refractivity contribution >= 4 is 26.5 Å². The van der Waals surface area contributed by atoms with Crippen LogP contribution in [0, 0.1) is 11.6 Å². The van der Waals surface area contributed by atoms with Crippen LogP contribution in [0.1, 0.15) is 18.5 Å². The van der Waals surface area contributed by atoms with E-state index in [2.05, 4.69) is 14.6 Å². The van der Waals surface area contributed by atoms with E-state index >= 15 is 0 Å². The predicted octanol–water partition coefficient (Wildman–Crippen LogP) is 2.54. The van der Waals surface area contributed by atoms with E-state index in [0.717, 1.165) is 55.0 Å². The second kappa shape index (κ2) is 7.12. The van der Waals surface area contributed by atoms with Gasteiger partial charge in [-0.3, -0.25) is 0 Å². The molecule has 0 aliphatic carbocycles. The highest BCUT2D eigenvalue weighted by Crippen LogP contribution is 2.24. The summed E-state index contributed by atoms with van der Waals surface area (Å²) in [6, 6.07) is 3.08. The third-order valence-corrected chi connectivity index (χ3v) is 6.22. The van der Waals surface area contributed by atoms with Crippen LogP contribution in [0.2, 0.25) is 0 Å². The first-order valence-corrected chi connectivity index (χ1v) is 9.97. The monoisotopic (exact) mass is 373 g/mol. The number of nitrogens with one attached hydrogen (secondary N) is 1. The van der Waals surface area contributed by atoms with Crippen molar-refractivity contribution in [3.05, 3.63) is 40.9 Å². The molecule has 1 aromatic carbocycles. The number of thiazole rings is 1. The van der Waals surface area contributed by atoms with E-state index in [-0.39, 0.29) is 6.54 Å². The highest BCUT2D eigenvalue weighted by molar-refractivity contribution is 7.89. The Morgan fingerprint density at radius 3 is 2.75 bits per heavy atom. The molecule has 9 heteroatoms. The molecule has 1 fully saturated rings. The van der Waals surface area contributed by atoms with Gasteiger partial charge in [0.1, 0.15) is 4.90 Å². The van der Waals surface area contributed by atoms with Crippen LogP contribution in [-0.4, -0.2) is 33.0 Å². The van der Waals surface area contributed by atoms with Crippen molar-refractivity contribution < 1.29 is 17.2 Å². The smallest absolute Gasteiger partial charge is 0.243 e. The predicted molar refractivity (Wildman–Crippen MR) is 88.8 cm³/mol. The van der Waals surface area contributed by atoms with E-state index < -0.39 is 26.6 Å². The Morgan fingerprint density at radius 1 is 1.25 bits per heavy atom. The molecule has 1 aliphatic heterocycles. The van der Waals surface area contributed by atoms with Gasteiger partial charge in [-0.1, -0.05) is 6.07 Å². The molecule has 24 heavy (non-hydrogen) atoms. The number of sulfonamides is 1. The molecule has 0 bridgehead atoms. The van der Waals surface area contributed by atoms with Gasteiger partial charge in [0, 0.05) is 31.4 Å². The van der Waals surface area contributed by atoms with Crippen molar-refractivity contribution in [1.29, 1.82) is 0 Å². The number of nitrogens with zero attached hydrogens (tertiary/aromatic N) is 2. The van der Waals surface area contributed by atoms with Gasteiger partial charge in [-0.15, -0.1) is 11.3 Å². The molecule has 3 rings (SSSR count). The van der Waals surface area contributed by atoms with Crippen molar-refractivity contribution in [3.63, 3.8) is 0 Å². The lowest BCUT2D eigenvalue weighted by Crippen LogP contribution is -2.27.